The van der Waals surface area contributed by atoms with Gasteiger partial charge in [-0.1, -0.05) is 58.0 Å². The van der Waals surface area contributed by atoms with E-state index >= 15 is 0 Å². The van der Waals surface area contributed by atoms with Gasteiger partial charge in [-0.3, -0.25) is 9.59 Å². The molecule has 140 valence electrons. The molecule has 3 heteroatoms. The monoisotopic (exact) mass is 361 g/mol. The number of carbonyl (C=O) groups excluding carboxylic acids is 2. The van der Waals surface area contributed by atoms with Gasteiger partial charge in [0.05, 0.1) is 0 Å². The first-order valence-electron chi connectivity index (χ1n) is 9.37. The molecule has 2 N–H and O–H groups in total. The molecule has 0 aliphatic heterocycles. The Bertz CT molecular complexity index is 918. The number of amides is 1. The van der Waals surface area contributed by atoms with Gasteiger partial charge in [0.15, 0.2) is 5.78 Å². The van der Waals surface area contributed by atoms with E-state index in [1.165, 1.54) is 11.1 Å². The van der Waals surface area contributed by atoms with Gasteiger partial charge in [-0.25, -0.2) is 0 Å². The third-order valence-electron chi connectivity index (χ3n) is 5.76. The first-order valence-corrected chi connectivity index (χ1v) is 9.37. The fourth-order valence-electron chi connectivity index (χ4n) is 3.77. The third kappa shape index (κ3) is 3.87. The highest BCUT2D eigenvalue weighted by Gasteiger charge is 2.37. The van der Waals surface area contributed by atoms with Crippen LogP contribution < -0.4 is 5.73 Å². The zero-order valence-electron chi connectivity index (χ0n) is 16.5. The van der Waals surface area contributed by atoms with E-state index in [4.69, 9.17) is 5.73 Å². The molecule has 27 heavy (non-hydrogen) atoms. The Labute approximate surface area is 161 Å². The average Bonchev–Trinajstić information content (AvgIpc) is 2.63. The lowest BCUT2D eigenvalue weighted by molar-refractivity contribution is 0.0998. The number of fused-ring (bicyclic) bond motifs is 1. The van der Waals surface area contributed by atoms with Gasteiger partial charge in [0.1, 0.15) is 0 Å². The Morgan fingerprint density at radius 1 is 0.852 bits per heavy atom. The smallest absolute Gasteiger partial charge is 0.248 e. The standard InChI is InChI=1S/C24H27NO2/c1-23(2)13-14-24(3,4)20-15-18(10-11-19(20)23)21(26)12-7-16-5-8-17(9-6-16)22(25)27/h5-12,15H,13-14H2,1-4H3,(H2,25,27)/b12-7+. The first kappa shape index (κ1) is 19.1. The van der Waals surface area contributed by atoms with Crippen molar-refractivity contribution in [2.24, 2.45) is 5.73 Å². The third-order valence-corrected chi connectivity index (χ3v) is 5.76. The van der Waals surface area contributed by atoms with Gasteiger partial charge in [0, 0.05) is 11.1 Å². The van der Waals surface area contributed by atoms with E-state index in [0.717, 1.165) is 18.4 Å². The Balaban J connectivity index is 1.86. The number of allylic oxidation sites excluding steroid dienone is 1. The summed E-state index contributed by atoms with van der Waals surface area (Å²) in [6.45, 7) is 9.06. The Morgan fingerprint density at radius 2 is 1.41 bits per heavy atom. The summed E-state index contributed by atoms with van der Waals surface area (Å²) >= 11 is 0. The summed E-state index contributed by atoms with van der Waals surface area (Å²) in [5, 5.41) is 0. The molecule has 2 aromatic carbocycles. The molecular formula is C24H27NO2. The maximum atomic E-state index is 12.7. The molecule has 0 unspecified atom stereocenters. The van der Waals surface area contributed by atoms with Gasteiger partial charge < -0.3 is 5.73 Å². The second kappa shape index (κ2) is 6.80. The van der Waals surface area contributed by atoms with Crippen molar-refractivity contribution in [1.82, 2.24) is 0 Å². The zero-order chi connectivity index (χ0) is 19.8. The van der Waals surface area contributed by atoms with Gasteiger partial charge in [-0.2, -0.15) is 0 Å². The van der Waals surface area contributed by atoms with E-state index in [2.05, 4.69) is 39.8 Å². The maximum Gasteiger partial charge on any atom is 0.248 e. The molecule has 0 bridgehead atoms. The molecule has 0 saturated heterocycles. The number of rotatable bonds is 4. The molecule has 0 radical (unpaired) electrons. The second-order valence-electron chi connectivity index (χ2n) is 8.71. The highest BCUT2D eigenvalue weighted by Crippen LogP contribution is 2.45. The van der Waals surface area contributed by atoms with Crippen LogP contribution in [-0.4, -0.2) is 11.7 Å². The van der Waals surface area contributed by atoms with Gasteiger partial charge in [-0.05, 0) is 64.6 Å². The molecule has 3 nitrogen and oxygen atoms in total. The molecule has 0 aromatic heterocycles. The maximum absolute atomic E-state index is 12.7. The zero-order valence-corrected chi connectivity index (χ0v) is 16.5. The van der Waals surface area contributed by atoms with E-state index in [9.17, 15) is 9.59 Å². The largest absolute Gasteiger partial charge is 0.366 e. The fourth-order valence-corrected chi connectivity index (χ4v) is 3.77. The molecule has 1 amide bonds. The van der Waals surface area contributed by atoms with Crippen molar-refractivity contribution in [3.05, 3.63) is 76.4 Å². The van der Waals surface area contributed by atoms with E-state index in [1.54, 1.807) is 36.4 Å². The van der Waals surface area contributed by atoms with E-state index in [-0.39, 0.29) is 16.6 Å². The summed E-state index contributed by atoms with van der Waals surface area (Å²) in [4.78, 5) is 23.8. The van der Waals surface area contributed by atoms with Gasteiger partial charge in [0.2, 0.25) is 5.91 Å². The van der Waals surface area contributed by atoms with Gasteiger partial charge >= 0.3 is 0 Å². The number of primary amides is 1. The topological polar surface area (TPSA) is 60.2 Å². The van der Waals surface area contributed by atoms with Crippen LogP contribution in [0.4, 0.5) is 0 Å². The summed E-state index contributed by atoms with van der Waals surface area (Å²) in [5.41, 5.74) is 10.1. The van der Waals surface area contributed by atoms with Crippen molar-refractivity contribution >= 4 is 17.8 Å². The number of carbonyl (C=O) groups is 2. The lowest BCUT2D eigenvalue weighted by Crippen LogP contribution is -2.34. The van der Waals surface area contributed by atoms with E-state index in [1.807, 2.05) is 6.07 Å². The second-order valence-corrected chi connectivity index (χ2v) is 8.71. The van der Waals surface area contributed by atoms with Crippen LogP contribution in [0, 0.1) is 0 Å². The fraction of sp³-hybridized carbons (Fsp3) is 0.333. The van der Waals surface area contributed by atoms with Gasteiger partial charge in [0.25, 0.3) is 0 Å². The van der Waals surface area contributed by atoms with E-state index < -0.39 is 5.91 Å². The molecule has 1 aliphatic carbocycles. The summed E-state index contributed by atoms with van der Waals surface area (Å²) in [5.74, 6) is -0.475. The predicted molar refractivity (Wildman–Crippen MR) is 110 cm³/mol. The van der Waals surface area contributed by atoms with Crippen LogP contribution in [0.3, 0.4) is 0 Å². The summed E-state index contributed by atoms with van der Waals surface area (Å²) in [6, 6.07) is 13.0. The van der Waals surface area contributed by atoms with Crippen LogP contribution in [0.15, 0.2) is 48.5 Å². The lowest BCUT2D eigenvalue weighted by atomic mass is 9.63. The van der Waals surface area contributed by atoms with Crippen LogP contribution in [0.2, 0.25) is 0 Å². The summed E-state index contributed by atoms with van der Waals surface area (Å²) in [7, 11) is 0. The van der Waals surface area contributed by atoms with Crippen molar-refractivity contribution in [3.63, 3.8) is 0 Å². The van der Waals surface area contributed by atoms with Crippen LogP contribution in [0.5, 0.6) is 0 Å². The van der Waals surface area contributed by atoms with Crippen molar-refractivity contribution in [3.8, 4) is 0 Å². The highest BCUT2D eigenvalue weighted by atomic mass is 16.1. The summed E-state index contributed by atoms with van der Waals surface area (Å²) < 4.78 is 0. The van der Waals surface area contributed by atoms with Crippen LogP contribution in [-0.2, 0) is 10.8 Å². The highest BCUT2D eigenvalue weighted by molar-refractivity contribution is 6.07. The number of hydrogen-bond donors (Lipinski definition) is 1. The number of hydrogen-bond acceptors (Lipinski definition) is 2. The van der Waals surface area contributed by atoms with Crippen LogP contribution >= 0.6 is 0 Å². The quantitative estimate of drug-likeness (QED) is 0.613. The molecule has 0 saturated carbocycles. The molecule has 0 fully saturated rings. The Kier molecular flexibility index (Phi) is 4.81. The van der Waals surface area contributed by atoms with Crippen molar-refractivity contribution in [2.75, 3.05) is 0 Å². The Morgan fingerprint density at radius 3 is 2.00 bits per heavy atom. The number of ketones is 1. The molecule has 0 spiro atoms. The molecule has 3 rings (SSSR count). The Hall–Kier alpha value is -2.68. The van der Waals surface area contributed by atoms with E-state index in [0.29, 0.717) is 11.1 Å². The normalized spacial score (nSPS) is 17.5. The van der Waals surface area contributed by atoms with Gasteiger partial charge in [-0.15, -0.1) is 0 Å². The lowest BCUT2D eigenvalue weighted by Gasteiger charge is -2.42. The molecule has 1 aliphatic rings. The summed E-state index contributed by atoms with van der Waals surface area (Å²) in [6.07, 6.45) is 5.62. The SMILES string of the molecule is CC1(C)CCC(C)(C)c2cc(C(=O)/C=C/c3ccc(C(N)=O)cc3)ccc21. The molecular weight excluding hydrogens is 334 g/mol. The predicted octanol–water partition coefficient (Wildman–Crippen LogP) is 5.03. The molecule has 2 aromatic rings. The molecule has 0 atom stereocenters. The number of benzene rings is 2. The number of nitrogens with two attached hydrogens (primary N) is 1. The minimum Gasteiger partial charge on any atom is -0.366 e. The van der Waals surface area contributed by atoms with Crippen molar-refractivity contribution < 1.29 is 9.59 Å². The minimum absolute atomic E-state index is 0.0176. The average molecular weight is 361 g/mol. The molecule has 0 heterocycles. The van der Waals surface area contributed by atoms with Crippen LogP contribution in [0.25, 0.3) is 6.08 Å². The van der Waals surface area contributed by atoms with Crippen molar-refractivity contribution in [1.29, 1.82) is 0 Å². The van der Waals surface area contributed by atoms with Crippen molar-refractivity contribution in [2.45, 2.75) is 51.4 Å². The van der Waals surface area contributed by atoms with Crippen LogP contribution in [0.1, 0.15) is 77.9 Å². The minimum atomic E-state index is -0.457. The first-order chi connectivity index (χ1) is 12.6.